The summed E-state index contributed by atoms with van der Waals surface area (Å²) in [6, 6.07) is 12.3. The molecule has 1 amide bonds. The topological polar surface area (TPSA) is 109 Å². The van der Waals surface area contributed by atoms with E-state index in [0.717, 1.165) is 37.4 Å². The Morgan fingerprint density at radius 1 is 1.13 bits per heavy atom. The fraction of sp³-hybridized carbons (Fsp3) is 0.286. The van der Waals surface area contributed by atoms with Gasteiger partial charge in [-0.2, -0.15) is 5.10 Å². The van der Waals surface area contributed by atoms with Crippen LogP contribution in [0.15, 0.2) is 55.1 Å². The first-order valence-corrected chi connectivity index (χ1v) is 9.96. The van der Waals surface area contributed by atoms with Crippen molar-refractivity contribution in [3.05, 3.63) is 76.4 Å². The number of hydrogen-bond acceptors (Lipinski definition) is 7. The second kappa shape index (κ2) is 8.92. The van der Waals surface area contributed by atoms with Crippen molar-refractivity contribution in [2.45, 2.75) is 6.54 Å². The van der Waals surface area contributed by atoms with Crippen LogP contribution in [0.5, 0.6) is 0 Å². The molecule has 1 aromatic heterocycles. The van der Waals surface area contributed by atoms with Crippen molar-refractivity contribution in [2.75, 3.05) is 38.1 Å². The summed E-state index contributed by atoms with van der Waals surface area (Å²) in [6.07, 6.45) is 2.67. The van der Waals surface area contributed by atoms with Crippen LogP contribution in [0.1, 0.15) is 15.9 Å². The first kappa shape index (κ1) is 20.5. The number of rotatable bonds is 6. The summed E-state index contributed by atoms with van der Waals surface area (Å²) in [5, 5.41) is 18.3. The third-order valence-electron chi connectivity index (χ3n) is 5.37. The van der Waals surface area contributed by atoms with Crippen molar-refractivity contribution in [2.24, 2.45) is 0 Å². The number of likely N-dealkylation sites (N-methyl/N-ethyl adjacent to an activating group) is 1. The van der Waals surface area contributed by atoms with Gasteiger partial charge in [-0.05, 0) is 30.8 Å². The molecule has 31 heavy (non-hydrogen) atoms. The first-order valence-electron chi connectivity index (χ1n) is 9.96. The minimum Gasteiger partial charge on any atom is -0.369 e. The fourth-order valence-corrected chi connectivity index (χ4v) is 3.63. The number of anilines is 1. The smallest absolute Gasteiger partial charge is 0.295 e. The van der Waals surface area contributed by atoms with E-state index in [4.69, 9.17) is 0 Å². The van der Waals surface area contributed by atoms with Gasteiger partial charge in [0, 0.05) is 50.0 Å². The Labute approximate surface area is 179 Å². The summed E-state index contributed by atoms with van der Waals surface area (Å²) in [6.45, 7) is 4.17. The first-order chi connectivity index (χ1) is 15.0. The number of aromatic nitrogens is 3. The molecule has 3 aromatic rings. The number of nitro benzene ring substituents is 1. The summed E-state index contributed by atoms with van der Waals surface area (Å²) < 4.78 is 1.30. The highest BCUT2D eigenvalue weighted by molar-refractivity contribution is 5.95. The number of hydrogen-bond donors (Lipinski definition) is 1. The standard InChI is InChI=1S/C21H23N7O3/c1-25-8-10-26(11-9-25)18-5-3-2-4-17(18)13-23-21(29)16-6-7-19(20(12-16)28(30)31)27-15-22-14-24-27/h2-7,12,14-15H,8-11,13H2,1H3,(H,23,29). The van der Waals surface area contributed by atoms with E-state index in [-0.39, 0.29) is 22.8 Å². The number of piperazine rings is 1. The second-order valence-corrected chi connectivity index (χ2v) is 7.40. The quantitative estimate of drug-likeness (QED) is 0.478. The van der Waals surface area contributed by atoms with Crippen LogP contribution in [-0.4, -0.2) is 63.7 Å². The molecule has 0 spiro atoms. The van der Waals surface area contributed by atoms with E-state index in [0.29, 0.717) is 6.54 Å². The number of para-hydroxylation sites is 1. The van der Waals surface area contributed by atoms with E-state index < -0.39 is 4.92 Å². The Morgan fingerprint density at radius 3 is 2.61 bits per heavy atom. The third kappa shape index (κ3) is 4.53. The van der Waals surface area contributed by atoms with E-state index in [1.165, 1.54) is 29.5 Å². The summed E-state index contributed by atoms with van der Waals surface area (Å²) in [7, 11) is 2.11. The lowest BCUT2D eigenvalue weighted by atomic mass is 10.1. The maximum Gasteiger partial charge on any atom is 0.295 e. The summed E-state index contributed by atoms with van der Waals surface area (Å²) in [4.78, 5) is 32.1. The molecule has 10 heteroatoms. The van der Waals surface area contributed by atoms with Crippen LogP contribution in [-0.2, 0) is 6.54 Å². The summed E-state index contributed by atoms with van der Waals surface area (Å²) in [5.41, 5.74) is 2.36. The zero-order valence-corrected chi connectivity index (χ0v) is 17.1. The molecule has 0 bridgehead atoms. The van der Waals surface area contributed by atoms with Gasteiger partial charge in [0.15, 0.2) is 0 Å². The SMILES string of the molecule is CN1CCN(c2ccccc2CNC(=O)c2ccc(-n3cncn3)c([N+](=O)[O-])c2)CC1. The highest BCUT2D eigenvalue weighted by Crippen LogP contribution is 2.24. The maximum absolute atomic E-state index is 12.7. The zero-order chi connectivity index (χ0) is 21.8. The van der Waals surface area contributed by atoms with Gasteiger partial charge in [-0.25, -0.2) is 9.67 Å². The number of carbonyl (C=O) groups excluding carboxylic acids is 1. The molecule has 2 aromatic carbocycles. The number of amides is 1. The van der Waals surface area contributed by atoms with Crippen molar-refractivity contribution in [3.63, 3.8) is 0 Å². The largest absolute Gasteiger partial charge is 0.369 e. The van der Waals surface area contributed by atoms with E-state index >= 15 is 0 Å². The lowest BCUT2D eigenvalue weighted by molar-refractivity contribution is -0.384. The van der Waals surface area contributed by atoms with Gasteiger partial charge >= 0.3 is 0 Å². The Kier molecular flexibility index (Phi) is 5.89. The number of nitrogens with zero attached hydrogens (tertiary/aromatic N) is 6. The molecular weight excluding hydrogens is 398 g/mol. The minimum atomic E-state index is -0.531. The van der Waals surface area contributed by atoms with Crippen molar-refractivity contribution >= 4 is 17.3 Å². The van der Waals surface area contributed by atoms with Gasteiger partial charge in [0.25, 0.3) is 11.6 Å². The number of benzene rings is 2. The zero-order valence-electron chi connectivity index (χ0n) is 17.1. The molecule has 4 rings (SSSR count). The molecule has 10 nitrogen and oxygen atoms in total. The number of carbonyl (C=O) groups is 1. The summed E-state index contributed by atoms with van der Waals surface area (Å²) in [5.74, 6) is -0.374. The van der Waals surface area contributed by atoms with Gasteiger partial charge in [0.1, 0.15) is 18.3 Å². The monoisotopic (exact) mass is 421 g/mol. The molecule has 0 saturated carbocycles. The van der Waals surface area contributed by atoms with Gasteiger partial charge in [-0.3, -0.25) is 14.9 Å². The van der Waals surface area contributed by atoms with Crippen LogP contribution in [0.4, 0.5) is 11.4 Å². The van der Waals surface area contributed by atoms with Crippen LogP contribution >= 0.6 is 0 Å². The molecule has 0 unspecified atom stereocenters. The lowest BCUT2D eigenvalue weighted by Gasteiger charge is -2.35. The fourth-order valence-electron chi connectivity index (χ4n) is 3.63. The summed E-state index contributed by atoms with van der Waals surface area (Å²) >= 11 is 0. The molecule has 2 heterocycles. The average molecular weight is 421 g/mol. The molecule has 1 N–H and O–H groups in total. The number of nitro groups is 1. The molecule has 1 fully saturated rings. The number of nitrogens with one attached hydrogen (secondary N) is 1. The van der Waals surface area contributed by atoms with Gasteiger partial charge in [-0.1, -0.05) is 18.2 Å². The second-order valence-electron chi connectivity index (χ2n) is 7.40. The van der Waals surface area contributed by atoms with Gasteiger partial charge in [0.2, 0.25) is 0 Å². The lowest BCUT2D eigenvalue weighted by Crippen LogP contribution is -2.45. The molecule has 0 radical (unpaired) electrons. The van der Waals surface area contributed by atoms with E-state index in [9.17, 15) is 14.9 Å². The van der Waals surface area contributed by atoms with Crippen molar-refractivity contribution in [1.82, 2.24) is 25.0 Å². The van der Waals surface area contributed by atoms with Crippen LogP contribution in [0.3, 0.4) is 0 Å². The van der Waals surface area contributed by atoms with E-state index in [2.05, 4.69) is 38.3 Å². The highest BCUT2D eigenvalue weighted by Gasteiger charge is 2.20. The molecule has 160 valence electrons. The van der Waals surface area contributed by atoms with E-state index in [1.54, 1.807) is 6.07 Å². The molecular formula is C21H23N7O3. The Bertz CT molecular complexity index is 1080. The molecule has 0 aliphatic carbocycles. The Balaban J connectivity index is 1.50. The van der Waals surface area contributed by atoms with E-state index in [1.807, 2.05) is 18.2 Å². The predicted molar refractivity (Wildman–Crippen MR) is 115 cm³/mol. The van der Waals surface area contributed by atoms with Gasteiger partial charge in [-0.15, -0.1) is 0 Å². The van der Waals surface area contributed by atoms with Crippen LogP contribution in [0.2, 0.25) is 0 Å². The predicted octanol–water partition coefficient (Wildman–Crippen LogP) is 1.86. The Hall–Kier alpha value is -3.79. The van der Waals surface area contributed by atoms with Crippen molar-refractivity contribution in [1.29, 1.82) is 0 Å². The minimum absolute atomic E-state index is 0.212. The van der Waals surface area contributed by atoms with Crippen LogP contribution < -0.4 is 10.2 Å². The van der Waals surface area contributed by atoms with Crippen molar-refractivity contribution < 1.29 is 9.72 Å². The van der Waals surface area contributed by atoms with Crippen LogP contribution in [0, 0.1) is 10.1 Å². The van der Waals surface area contributed by atoms with Crippen LogP contribution in [0.25, 0.3) is 5.69 Å². The van der Waals surface area contributed by atoms with Gasteiger partial charge < -0.3 is 15.1 Å². The average Bonchev–Trinajstić information content (AvgIpc) is 3.32. The third-order valence-corrected chi connectivity index (χ3v) is 5.37. The highest BCUT2D eigenvalue weighted by atomic mass is 16.6. The van der Waals surface area contributed by atoms with Gasteiger partial charge in [0.05, 0.1) is 4.92 Å². The molecule has 1 aliphatic rings. The normalized spacial score (nSPS) is 14.4. The molecule has 1 saturated heterocycles. The molecule has 1 aliphatic heterocycles. The maximum atomic E-state index is 12.7. The van der Waals surface area contributed by atoms with Crippen molar-refractivity contribution in [3.8, 4) is 5.69 Å². The molecule has 0 atom stereocenters. The Morgan fingerprint density at radius 2 is 1.90 bits per heavy atom.